The molecule has 0 amide bonds. The highest BCUT2D eigenvalue weighted by molar-refractivity contribution is 7.80. The lowest BCUT2D eigenvalue weighted by atomic mass is 10.2. The lowest BCUT2D eigenvalue weighted by Crippen LogP contribution is -2.35. The van der Waals surface area contributed by atoms with E-state index in [9.17, 15) is 0 Å². The Morgan fingerprint density at radius 2 is 1.73 bits per heavy atom. The molecule has 0 bridgehead atoms. The molecule has 0 radical (unpaired) electrons. The summed E-state index contributed by atoms with van der Waals surface area (Å²) in [5.74, 6) is 0.525. The van der Waals surface area contributed by atoms with Crippen molar-refractivity contribution in [3.63, 3.8) is 0 Å². The van der Waals surface area contributed by atoms with Crippen LogP contribution in [0.1, 0.15) is 27.7 Å². The fraction of sp³-hybridized carbons (Fsp3) is 0.400. The first kappa shape index (κ1) is 18.4. The van der Waals surface area contributed by atoms with E-state index in [0.717, 1.165) is 23.7 Å². The zero-order valence-electron chi connectivity index (χ0n) is 13.3. The summed E-state index contributed by atoms with van der Waals surface area (Å²) < 4.78 is 0. The molecule has 0 aliphatic carbocycles. The Kier molecular flexibility index (Phi) is 7.84. The molecule has 7 heteroatoms. The number of benzene rings is 1. The molecule has 22 heavy (non-hydrogen) atoms. The van der Waals surface area contributed by atoms with E-state index in [-0.39, 0.29) is 0 Å². The smallest absolute Gasteiger partial charge is 0.186 e. The van der Waals surface area contributed by atoms with Gasteiger partial charge in [-0.3, -0.25) is 10.9 Å². The van der Waals surface area contributed by atoms with E-state index >= 15 is 0 Å². The summed E-state index contributed by atoms with van der Waals surface area (Å²) in [6.07, 6.45) is 0. The third-order valence-corrected chi connectivity index (χ3v) is 3.20. The first-order chi connectivity index (χ1) is 10.4. The molecule has 0 aliphatic rings. The van der Waals surface area contributed by atoms with Gasteiger partial charge in [-0.05, 0) is 56.2 Å². The zero-order valence-corrected chi connectivity index (χ0v) is 14.8. The van der Waals surface area contributed by atoms with Crippen LogP contribution in [0.2, 0.25) is 5.02 Å². The molecule has 0 fully saturated rings. The lowest BCUT2D eigenvalue weighted by molar-refractivity contribution is 0.621. The van der Waals surface area contributed by atoms with Gasteiger partial charge in [0, 0.05) is 11.6 Å². The van der Waals surface area contributed by atoms with Crippen molar-refractivity contribution in [2.24, 2.45) is 16.1 Å². The monoisotopic (exact) mass is 339 g/mol. The number of halogens is 1. The van der Waals surface area contributed by atoms with Gasteiger partial charge in [0.05, 0.1) is 17.1 Å². The van der Waals surface area contributed by atoms with Crippen LogP contribution in [-0.2, 0) is 0 Å². The van der Waals surface area contributed by atoms with E-state index in [4.69, 9.17) is 23.8 Å². The summed E-state index contributed by atoms with van der Waals surface area (Å²) in [4.78, 5) is 0. The molecular weight excluding hydrogens is 318 g/mol. The van der Waals surface area contributed by atoms with Gasteiger partial charge < -0.3 is 5.32 Å². The van der Waals surface area contributed by atoms with E-state index < -0.39 is 0 Å². The Morgan fingerprint density at radius 1 is 1.14 bits per heavy atom. The fourth-order valence-electron chi connectivity index (χ4n) is 1.31. The standard InChI is InChI=1S/C15H22ClN5S/c1-10(2)9-17-15(22)21-19-12(4)11(3)18-20-14-7-5-13(16)6-8-14/h5-8,10,20H,9H2,1-4H3,(H2,17,21,22)/b18-11-,19-12-. The number of nitrogens with zero attached hydrogens (tertiary/aromatic N) is 2. The molecule has 1 aromatic carbocycles. The zero-order chi connectivity index (χ0) is 16.5. The second-order valence-corrected chi connectivity index (χ2v) is 6.07. The van der Waals surface area contributed by atoms with Gasteiger partial charge in [0.15, 0.2) is 5.11 Å². The fourth-order valence-corrected chi connectivity index (χ4v) is 1.56. The van der Waals surface area contributed by atoms with Crippen LogP contribution in [0.25, 0.3) is 0 Å². The topological polar surface area (TPSA) is 60.8 Å². The summed E-state index contributed by atoms with van der Waals surface area (Å²) in [5.41, 5.74) is 8.12. The second kappa shape index (κ2) is 9.38. The molecule has 0 saturated heterocycles. The number of anilines is 1. The summed E-state index contributed by atoms with van der Waals surface area (Å²) in [6.45, 7) is 8.77. The number of rotatable bonds is 6. The average Bonchev–Trinajstić information content (AvgIpc) is 2.49. The van der Waals surface area contributed by atoms with Gasteiger partial charge >= 0.3 is 0 Å². The van der Waals surface area contributed by atoms with Crippen LogP contribution >= 0.6 is 23.8 Å². The average molecular weight is 340 g/mol. The molecule has 0 unspecified atom stereocenters. The minimum absolute atomic E-state index is 0.506. The van der Waals surface area contributed by atoms with E-state index in [0.29, 0.717) is 16.1 Å². The van der Waals surface area contributed by atoms with Crippen molar-refractivity contribution >= 4 is 46.0 Å². The minimum atomic E-state index is 0.506. The van der Waals surface area contributed by atoms with Gasteiger partial charge in [0.25, 0.3) is 0 Å². The van der Waals surface area contributed by atoms with Crippen LogP contribution in [0.4, 0.5) is 5.69 Å². The Balaban J connectivity index is 2.50. The highest BCUT2D eigenvalue weighted by Gasteiger charge is 2.00. The Bertz CT molecular complexity index is 552. The summed E-state index contributed by atoms with van der Waals surface area (Å²) in [5, 5.41) is 12.7. The molecule has 1 rings (SSSR count). The molecule has 5 nitrogen and oxygen atoms in total. The highest BCUT2D eigenvalue weighted by atomic mass is 35.5. The van der Waals surface area contributed by atoms with Gasteiger partial charge in [0.1, 0.15) is 0 Å². The highest BCUT2D eigenvalue weighted by Crippen LogP contribution is 2.13. The Morgan fingerprint density at radius 3 is 2.32 bits per heavy atom. The molecule has 0 heterocycles. The third kappa shape index (κ3) is 7.38. The summed E-state index contributed by atoms with van der Waals surface area (Å²) >= 11 is 11.0. The van der Waals surface area contributed by atoms with Crippen LogP contribution in [-0.4, -0.2) is 23.1 Å². The molecule has 1 aromatic rings. The molecule has 0 aliphatic heterocycles. The molecule has 3 N–H and O–H groups in total. The van der Waals surface area contributed by atoms with E-state index in [1.165, 1.54) is 0 Å². The molecule has 120 valence electrons. The summed E-state index contributed by atoms with van der Waals surface area (Å²) in [7, 11) is 0. The first-order valence-corrected chi connectivity index (χ1v) is 7.81. The van der Waals surface area contributed by atoms with Gasteiger partial charge in [-0.1, -0.05) is 25.4 Å². The van der Waals surface area contributed by atoms with E-state index in [2.05, 4.69) is 40.2 Å². The predicted octanol–water partition coefficient (Wildman–Crippen LogP) is 3.62. The maximum Gasteiger partial charge on any atom is 0.186 e. The largest absolute Gasteiger partial charge is 0.361 e. The first-order valence-electron chi connectivity index (χ1n) is 7.03. The Hall–Kier alpha value is -1.66. The van der Waals surface area contributed by atoms with Crippen LogP contribution in [0, 0.1) is 5.92 Å². The normalized spacial score (nSPS) is 12.3. The van der Waals surface area contributed by atoms with Crippen LogP contribution < -0.4 is 16.2 Å². The van der Waals surface area contributed by atoms with Crippen molar-refractivity contribution in [2.75, 3.05) is 12.0 Å². The van der Waals surface area contributed by atoms with Gasteiger partial charge in [-0.2, -0.15) is 10.2 Å². The van der Waals surface area contributed by atoms with Gasteiger partial charge in [-0.25, -0.2) is 0 Å². The quantitative estimate of drug-likeness (QED) is 0.421. The number of hydrogen-bond acceptors (Lipinski definition) is 4. The number of hydrogen-bond donors (Lipinski definition) is 3. The second-order valence-electron chi connectivity index (χ2n) is 5.23. The van der Waals surface area contributed by atoms with Gasteiger partial charge in [0.2, 0.25) is 0 Å². The molecule has 0 aromatic heterocycles. The maximum atomic E-state index is 5.83. The molecule has 0 saturated carbocycles. The van der Waals surface area contributed by atoms with Gasteiger partial charge in [-0.15, -0.1) is 0 Å². The predicted molar refractivity (Wildman–Crippen MR) is 99.9 cm³/mol. The van der Waals surface area contributed by atoms with E-state index in [1.54, 1.807) is 12.1 Å². The minimum Gasteiger partial charge on any atom is -0.361 e. The van der Waals surface area contributed by atoms with Crippen LogP contribution in [0.3, 0.4) is 0 Å². The molecule has 0 spiro atoms. The molecular formula is C15H22ClN5S. The van der Waals surface area contributed by atoms with E-state index in [1.807, 2.05) is 26.0 Å². The summed E-state index contributed by atoms with van der Waals surface area (Å²) in [6, 6.07) is 7.32. The van der Waals surface area contributed by atoms with Crippen molar-refractivity contribution in [2.45, 2.75) is 27.7 Å². The van der Waals surface area contributed by atoms with Crippen molar-refractivity contribution in [1.29, 1.82) is 0 Å². The van der Waals surface area contributed by atoms with Crippen molar-refractivity contribution in [1.82, 2.24) is 10.7 Å². The van der Waals surface area contributed by atoms with Crippen molar-refractivity contribution in [3.8, 4) is 0 Å². The lowest BCUT2D eigenvalue weighted by Gasteiger charge is -2.09. The van der Waals surface area contributed by atoms with Crippen LogP contribution in [0.15, 0.2) is 34.5 Å². The van der Waals surface area contributed by atoms with Crippen molar-refractivity contribution in [3.05, 3.63) is 29.3 Å². The number of nitrogens with one attached hydrogen (secondary N) is 3. The van der Waals surface area contributed by atoms with Crippen LogP contribution in [0.5, 0.6) is 0 Å². The maximum absolute atomic E-state index is 5.83. The Labute approximate surface area is 142 Å². The number of thiocarbonyl (C=S) groups is 1. The number of hydrazone groups is 2. The third-order valence-electron chi connectivity index (χ3n) is 2.72. The SMILES string of the molecule is CC(=N/NC(=S)NCC(C)C)/C(C)=N\Nc1ccc(Cl)cc1. The molecule has 0 atom stereocenters. The van der Waals surface area contributed by atoms with Crippen molar-refractivity contribution < 1.29 is 0 Å².